The fourth-order valence-corrected chi connectivity index (χ4v) is 6.37. The molecule has 8 heteroatoms. The summed E-state index contributed by atoms with van der Waals surface area (Å²) in [5.41, 5.74) is 2.89. The van der Waals surface area contributed by atoms with E-state index in [1.54, 1.807) is 47.6 Å². The van der Waals surface area contributed by atoms with E-state index in [0.29, 0.717) is 43.5 Å². The number of benzene rings is 2. The van der Waals surface area contributed by atoms with Crippen molar-refractivity contribution < 1.29 is 23.8 Å². The van der Waals surface area contributed by atoms with E-state index in [1.165, 1.54) is 10.4 Å². The summed E-state index contributed by atoms with van der Waals surface area (Å²) in [5, 5.41) is 2.08. The van der Waals surface area contributed by atoms with Crippen molar-refractivity contribution in [3.05, 3.63) is 81.5 Å². The van der Waals surface area contributed by atoms with E-state index in [2.05, 4.69) is 37.4 Å². The molecule has 2 aliphatic heterocycles. The van der Waals surface area contributed by atoms with Gasteiger partial charge in [-0.05, 0) is 78.1 Å². The molecule has 7 nitrogen and oxygen atoms in total. The molecular weight excluding hydrogens is 524 g/mol. The number of hydrogen-bond acceptors (Lipinski definition) is 6. The molecular formula is C32H38N2O5S. The van der Waals surface area contributed by atoms with Crippen LogP contribution in [0.2, 0.25) is 0 Å². The summed E-state index contributed by atoms with van der Waals surface area (Å²) < 4.78 is 17.4. The molecule has 1 fully saturated rings. The molecule has 1 saturated heterocycles. The van der Waals surface area contributed by atoms with Crippen molar-refractivity contribution in [1.82, 2.24) is 9.80 Å². The fraction of sp³-hybridized carbons (Fsp3) is 0.438. The van der Waals surface area contributed by atoms with Crippen LogP contribution in [0.1, 0.15) is 65.0 Å². The summed E-state index contributed by atoms with van der Waals surface area (Å²) in [7, 11) is 1.58. The smallest absolute Gasteiger partial charge is 0.254 e. The summed E-state index contributed by atoms with van der Waals surface area (Å²) in [4.78, 5) is 32.4. The predicted octanol–water partition coefficient (Wildman–Crippen LogP) is 5.71. The van der Waals surface area contributed by atoms with Crippen LogP contribution in [0.15, 0.2) is 60.0 Å². The number of thiophene rings is 1. The van der Waals surface area contributed by atoms with Crippen LogP contribution in [-0.4, -0.2) is 67.7 Å². The van der Waals surface area contributed by atoms with Gasteiger partial charge in [0.2, 0.25) is 5.91 Å². The Bertz CT molecular complexity index is 1300. The van der Waals surface area contributed by atoms with Crippen LogP contribution in [0.25, 0.3) is 0 Å². The number of carbonyl (C=O) groups excluding carboxylic acids is 2. The van der Waals surface area contributed by atoms with E-state index in [9.17, 15) is 9.59 Å². The van der Waals surface area contributed by atoms with Crippen molar-refractivity contribution in [3.8, 4) is 11.5 Å². The molecule has 0 bridgehead atoms. The minimum Gasteiger partial charge on any atom is -0.497 e. The lowest BCUT2D eigenvalue weighted by Crippen LogP contribution is -2.49. The lowest BCUT2D eigenvalue weighted by Gasteiger charge is -2.37. The van der Waals surface area contributed by atoms with Crippen LogP contribution in [-0.2, 0) is 16.0 Å². The highest BCUT2D eigenvalue weighted by molar-refractivity contribution is 7.10. The maximum absolute atomic E-state index is 13.9. The largest absolute Gasteiger partial charge is 0.497 e. The first kappa shape index (κ1) is 28.2. The predicted molar refractivity (Wildman–Crippen MR) is 156 cm³/mol. The van der Waals surface area contributed by atoms with Crippen molar-refractivity contribution in [3.63, 3.8) is 0 Å². The second-order valence-corrected chi connectivity index (χ2v) is 11.7. The summed E-state index contributed by atoms with van der Waals surface area (Å²) in [6.07, 6.45) is 2.57. The third-order valence-corrected chi connectivity index (χ3v) is 8.74. The minimum absolute atomic E-state index is 0.0189. The van der Waals surface area contributed by atoms with Gasteiger partial charge in [-0.3, -0.25) is 9.59 Å². The monoisotopic (exact) mass is 562 g/mol. The molecule has 40 heavy (non-hydrogen) atoms. The number of carbonyl (C=O) groups is 2. The average molecular weight is 563 g/mol. The molecule has 2 aliphatic rings. The Morgan fingerprint density at radius 3 is 2.67 bits per heavy atom. The number of fused-ring (bicyclic) bond motifs is 1. The van der Waals surface area contributed by atoms with Crippen LogP contribution < -0.4 is 9.47 Å². The molecule has 1 aromatic heterocycles. The fourth-order valence-electron chi connectivity index (χ4n) is 5.44. The Morgan fingerprint density at radius 2 is 1.95 bits per heavy atom. The molecule has 5 rings (SSSR count). The zero-order valence-electron chi connectivity index (χ0n) is 23.5. The van der Waals surface area contributed by atoms with E-state index in [4.69, 9.17) is 14.2 Å². The molecule has 0 radical (unpaired) electrons. The molecule has 0 aliphatic carbocycles. The van der Waals surface area contributed by atoms with Crippen molar-refractivity contribution in [2.45, 2.75) is 51.2 Å². The van der Waals surface area contributed by atoms with E-state index < -0.39 is 0 Å². The molecule has 3 heterocycles. The average Bonchev–Trinajstić information content (AvgIpc) is 3.67. The molecule has 212 valence electrons. The molecule has 2 amide bonds. The highest BCUT2D eigenvalue weighted by Gasteiger charge is 2.34. The number of nitrogens with zero attached hydrogens (tertiary/aromatic N) is 2. The number of ether oxygens (including phenoxy) is 3. The molecule has 0 N–H and O–H groups in total. The second kappa shape index (κ2) is 12.9. The van der Waals surface area contributed by atoms with Crippen LogP contribution in [0.5, 0.6) is 11.5 Å². The number of rotatable bonds is 10. The highest BCUT2D eigenvalue weighted by Crippen LogP contribution is 2.34. The van der Waals surface area contributed by atoms with Crippen molar-refractivity contribution in [1.29, 1.82) is 0 Å². The van der Waals surface area contributed by atoms with Gasteiger partial charge in [-0.1, -0.05) is 32.0 Å². The van der Waals surface area contributed by atoms with E-state index in [-0.39, 0.29) is 30.5 Å². The molecule has 0 spiro atoms. The highest BCUT2D eigenvalue weighted by atomic mass is 32.1. The van der Waals surface area contributed by atoms with Crippen molar-refractivity contribution >= 4 is 23.2 Å². The summed E-state index contributed by atoms with van der Waals surface area (Å²) in [6.45, 7) is 6.32. The molecule has 0 unspecified atom stereocenters. The molecule has 2 aromatic carbocycles. The Kier molecular flexibility index (Phi) is 9.07. The molecule has 3 aromatic rings. The number of hydrogen-bond donors (Lipinski definition) is 0. The third-order valence-electron chi connectivity index (χ3n) is 7.75. The van der Waals surface area contributed by atoms with Gasteiger partial charge < -0.3 is 24.0 Å². The van der Waals surface area contributed by atoms with Crippen LogP contribution >= 0.6 is 11.3 Å². The van der Waals surface area contributed by atoms with Gasteiger partial charge in [0.1, 0.15) is 24.7 Å². The van der Waals surface area contributed by atoms with E-state index >= 15 is 0 Å². The van der Waals surface area contributed by atoms with Crippen LogP contribution in [0.3, 0.4) is 0 Å². The minimum atomic E-state index is -0.219. The first-order valence-corrected chi connectivity index (χ1v) is 14.9. The Balaban J connectivity index is 1.34. The van der Waals surface area contributed by atoms with Crippen molar-refractivity contribution in [2.24, 2.45) is 0 Å². The van der Waals surface area contributed by atoms with Gasteiger partial charge in [0.25, 0.3) is 5.91 Å². The Labute approximate surface area is 240 Å². The van der Waals surface area contributed by atoms with Gasteiger partial charge in [0.15, 0.2) is 0 Å². The van der Waals surface area contributed by atoms with Gasteiger partial charge in [0, 0.05) is 30.1 Å². The second-order valence-electron chi connectivity index (χ2n) is 10.7. The summed E-state index contributed by atoms with van der Waals surface area (Å²) >= 11 is 1.72. The maximum Gasteiger partial charge on any atom is 0.254 e. The Hall–Kier alpha value is -3.36. The Morgan fingerprint density at radius 1 is 1.12 bits per heavy atom. The van der Waals surface area contributed by atoms with Gasteiger partial charge >= 0.3 is 0 Å². The zero-order chi connectivity index (χ0) is 28.1. The summed E-state index contributed by atoms with van der Waals surface area (Å²) in [6, 6.07) is 17.1. The lowest BCUT2D eigenvalue weighted by atomic mass is 10.00. The lowest BCUT2D eigenvalue weighted by molar-refractivity contribution is -0.135. The van der Waals surface area contributed by atoms with E-state index in [1.807, 2.05) is 17.0 Å². The number of methoxy groups -OCH3 is 1. The number of amides is 2. The zero-order valence-corrected chi connectivity index (χ0v) is 24.3. The first-order chi connectivity index (χ1) is 19.4. The SMILES string of the molecule is COc1cccc(C(=O)N(CC(=O)N2CCc3sccc3[C@@H]2COc2ccc(C(C)C)cc2)C[C@@H]2CCCO2)c1. The van der Waals surface area contributed by atoms with Gasteiger partial charge in [-0.2, -0.15) is 0 Å². The maximum atomic E-state index is 13.9. The first-order valence-electron chi connectivity index (χ1n) is 14.1. The summed E-state index contributed by atoms with van der Waals surface area (Å²) in [5.74, 6) is 1.55. The van der Waals surface area contributed by atoms with E-state index in [0.717, 1.165) is 30.6 Å². The van der Waals surface area contributed by atoms with Crippen molar-refractivity contribution in [2.75, 3.05) is 40.0 Å². The quantitative estimate of drug-likeness (QED) is 0.317. The van der Waals surface area contributed by atoms with Crippen LogP contribution in [0, 0.1) is 0 Å². The molecule has 0 saturated carbocycles. The van der Waals surface area contributed by atoms with Crippen LogP contribution in [0.4, 0.5) is 0 Å². The van der Waals surface area contributed by atoms with Gasteiger partial charge in [-0.15, -0.1) is 11.3 Å². The standard InChI is InChI=1S/C32H38N2O5S/c1-22(2)23-9-11-25(12-10-23)39-21-29-28-14-17-40-30(28)13-15-34(29)31(35)20-33(19-27-8-5-16-38-27)32(36)24-6-4-7-26(18-24)37-3/h4,6-7,9-12,14,17-18,22,27,29H,5,8,13,15-16,19-21H2,1-3H3/t27-,29-/m0/s1. The van der Waals surface area contributed by atoms with Gasteiger partial charge in [-0.25, -0.2) is 0 Å². The molecule has 2 atom stereocenters. The van der Waals surface area contributed by atoms with Gasteiger partial charge in [0.05, 0.1) is 19.3 Å². The topological polar surface area (TPSA) is 68.3 Å². The third kappa shape index (κ3) is 6.50. The normalized spacial score (nSPS) is 18.4.